The monoisotopic (exact) mass is 431 g/mol. The Hall–Kier alpha value is -2.28. The zero-order chi connectivity index (χ0) is 22.8. The van der Waals surface area contributed by atoms with Gasteiger partial charge in [-0.1, -0.05) is 0 Å². The minimum absolute atomic E-state index is 0.180. The fraction of sp³-hybridized carbons (Fsp3) is 0.778. The third-order valence-corrected chi connectivity index (χ3v) is 4.80. The molecule has 1 aliphatic rings. The van der Waals surface area contributed by atoms with Crippen molar-refractivity contribution >= 4 is 23.7 Å². The molecule has 1 rings (SSSR count). The van der Waals surface area contributed by atoms with Gasteiger partial charge in [-0.25, -0.2) is 4.79 Å². The van der Waals surface area contributed by atoms with E-state index in [1.165, 1.54) is 13.8 Å². The first-order valence-corrected chi connectivity index (χ1v) is 10.00. The number of hydrogen-bond acceptors (Lipinski definition) is 8. The zero-order valence-corrected chi connectivity index (χ0v) is 17.3. The smallest absolute Gasteiger partial charge is 0.326 e. The lowest BCUT2D eigenvalue weighted by Gasteiger charge is -2.25. The van der Waals surface area contributed by atoms with Gasteiger partial charge in [-0.15, -0.1) is 0 Å². The van der Waals surface area contributed by atoms with Crippen LogP contribution >= 0.6 is 0 Å². The Labute approximate surface area is 175 Å². The minimum Gasteiger partial charge on any atom is -0.480 e. The van der Waals surface area contributed by atoms with Crippen LogP contribution in [0.25, 0.3) is 0 Å². The van der Waals surface area contributed by atoms with E-state index in [4.69, 9.17) is 5.73 Å². The highest BCUT2D eigenvalue weighted by atomic mass is 16.4. The van der Waals surface area contributed by atoms with E-state index in [2.05, 4.69) is 21.3 Å². The van der Waals surface area contributed by atoms with Crippen LogP contribution in [0.5, 0.6) is 0 Å². The number of β-amino-alcohol motifs (C(OH)–C–C–N with tert-alkyl or cyclic N) is 1. The van der Waals surface area contributed by atoms with E-state index in [1.807, 2.05) is 0 Å². The van der Waals surface area contributed by atoms with Crippen molar-refractivity contribution in [3.63, 3.8) is 0 Å². The molecule has 1 fully saturated rings. The van der Waals surface area contributed by atoms with Crippen LogP contribution < -0.4 is 27.0 Å². The second-order valence-electron chi connectivity index (χ2n) is 7.49. The molecule has 0 radical (unpaired) electrons. The first-order chi connectivity index (χ1) is 14.1. The summed E-state index contributed by atoms with van der Waals surface area (Å²) in [6.45, 7) is 3.33. The van der Waals surface area contributed by atoms with Crippen LogP contribution in [0.4, 0.5) is 0 Å². The van der Waals surface area contributed by atoms with Crippen LogP contribution in [0.15, 0.2) is 0 Å². The van der Waals surface area contributed by atoms with E-state index in [0.717, 1.165) is 0 Å². The SMILES string of the molecule is C[C@H](NC(=O)[C@@H](NC(=O)[C@@H]1C[C@@H](O)CN1)[C@@H](C)O)C(=O)N[C@@H](CCCCN)C(=O)O. The molecule has 0 aliphatic carbocycles. The molecule has 3 amide bonds. The van der Waals surface area contributed by atoms with Crippen molar-refractivity contribution < 1.29 is 34.5 Å². The van der Waals surface area contributed by atoms with Crippen molar-refractivity contribution in [2.24, 2.45) is 5.73 Å². The van der Waals surface area contributed by atoms with Crippen molar-refractivity contribution in [3.05, 3.63) is 0 Å². The molecule has 30 heavy (non-hydrogen) atoms. The van der Waals surface area contributed by atoms with E-state index >= 15 is 0 Å². The van der Waals surface area contributed by atoms with Gasteiger partial charge in [0.1, 0.15) is 18.1 Å². The number of nitrogens with one attached hydrogen (secondary N) is 4. The Kier molecular flexibility index (Phi) is 10.7. The summed E-state index contributed by atoms with van der Waals surface area (Å²) < 4.78 is 0. The number of aliphatic carboxylic acids is 1. The number of nitrogens with two attached hydrogens (primary N) is 1. The van der Waals surface area contributed by atoms with Crippen LogP contribution in [-0.4, -0.2) is 88.5 Å². The molecule has 1 aliphatic heterocycles. The lowest BCUT2D eigenvalue weighted by molar-refractivity contribution is -0.142. The topological polar surface area (TPSA) is 203 Å². The highest BCUT2D eigenvalue weighted by Gasteiger charge is 2.34. The molecule has 9 N–H and O–H groups in total. The highest BCUT2D eigenvalue weighted by molar-refractivity contribution is 5.94. The molecule has 1 saturated heterocycles. The highest BCUT2D eigenvalue weighted by Crippen LogP contribution is 2.07. The number of carboxylic acid groups (broad SMARTS) is 1. The maximum Gasteiger partial charge on any atom is 0.326 e. The predicted molar refractivity (Wildman–Crippen MR) is 106 cm³/mol. The van der Waals surface area contributed by atoms with Gasteiger partial charge in [-0.05, 0) is 46.1 Å². The number of hydrogen-bond donors (Lipinski definition) is 8. The quantitative estimate of drug-likeness (QED) is 0.146. The average molecular weight is 431 g/mol. The van der Waals surface area contributed by atoms with Crippen molar-refractivity contribution in [2.75, 3.05) is 13.1 Å². The van der Waals surface area contributed by atoms with Crippen molar-refractivity contribution in [3.8, 4) is 0 Å². The Balaban J connectivity index is 2.63. The Morgan fingerprint density at radius 3 is 2.27 bits per heavy atom. The van der Waals surface area contributed by atoms with Gasteiger partial charge in [0.15, 0.2) is 0 Å². The van der Waals surface area contributed by atoms with Gasteiger partial charge in [-0.2, -0.15) is 0 Å². The molecule has 12 nitrogen and oxygen atoms in total. The van der Waals surface area contributed by atoms with Crippen molar-refractivity contribution in [2.45, 2.75) is 75.9 Å². The normalized spacial score (nSPS) is 22.4. The van der Waals surface area contributed by atoms with E-state index in [-0.39, 0.29) is 19.4 Å². The van der Waals surface area contributed by atoms with Crippen molar-refractivity contribution in [1.29, 1.82) is 0 Å². The van der Waals surface area contributed by atoms with E-state index in [9.17, 15) is 34.5 Å². The first-order valence-electron chi connectivity index (χ1n) is 10.00. The third-order valence-electron chi connectivity index (χ3n) is 4.80. The van der Waals surface area contributed by atoms with Gasteiger partial charge in [0, 0.05) is 6.54 Å². The molecule has 0 spiro atoms. The van der Waals surface area contributed by atoms with Crippen LogP contribution in [0.3, 0.4) is 0 Å². The molecular weight excluding hydrogens is 398 g/mol. The standard InChI is InChI=1S/C18H33N5O7/c1-9(15(26)22-12(18(29)30)5-3-4-6-19)21-17(28)14(10(2)24)23-16(27)13-7-11(25)8-20-13/h9-14,20,24-25H,3-8,19H2,1-2H3,(H,21,28)(H,22,26)(H,23,27)(H,29,30)/t9-,10+,11+,12-,13-,14-/m0/s1. The second-order valence-corrected chi connectivity index (χ2v) is 7.49. The average Bonchev–Trinajstić information content (AvgIpc) is 3.10. The van der Waals surface area contributed by atoms with E-state index in [1.54, 1.807) is 0 Å². The van der Waals surface area contributed by atoms with Gasteiger partial charge in [0.2, 0.25) is 17.7 Å². The molecule has 172 valence electrons. The summed E-state index contributed by atoms with van der Waals surface area (Å²) in [6, 6.07) is -4.24. The maximum atomic E-state index is 12.5. The second kappa shape index (κ2) is 12.4. The summed E-state index contributed by atoms with van der Waals surface area (Å²) in [4.78, 5) is 48.3. The van der Waals surface area contributed by atoms with Gasteiger partial charge >= 0.3 is 5.97 Å². The summed E-state index contributed by atoms with van der Waals surface area (Å²) in [5.41, 5.74) is 5.38. The predicted octanol–water partition coefficient (Wildman–Crippen LogP) is -3.22. The fourth-order valence-electron chi connectivity index (χ4n) is 2.99. The van der Waals surface area contributed by atoms with E-state index in [0.29, 0.717) is 19.4 Å². The Bertz CT molecular complexity index is 616. The molecule has 0 aromatic heterocycles. The largest absolute Gasteiger partial charge is 0.480 e. The molecule has 0 aromatic carbocycles. The molecule has 12 heteroatoms. The van der Waals surface area contributed by atoms with Crippen LogP contribution in [0, 0.1) is 0 Å². The lowest BCUT2D eigenvalue weighted by Crippen LogP contribution is -2.59. The number of carboxylic acids is 1. The van der Waals surface area contributed by atoms with E-state index < -0.39 is 60.1 Å². The first kappa shape index (κ1) is 25.8. The summed E-state index contributed by atoms with van der Waals surface area (Å²) in [5, 5.41) is 38.5. The van der Waals surface area contributed by atoms with Crippen LogP contribution in [0.1, 0.15) is 39.5 Å². The molecule has 0 bridgehead atoms. The molecule has 1 heterocycles. The maximum absolute atomic E-state index is 12.5. The Morgan fingerprint density at radius 2 is 1.77 bits per heavy atom. The number of unbranched alkanes of at least 4 members (excludes halogenated alkanes) is 1. The molecule has 0 aromatic rings. The Morgan fingerprint density at radius 1 is 1.10 bits per heavy atom. The number of aliphatic hydroxyl groups is 2. The minimum atomic E-state index is -1.33. The summed E-state index contributed by atoms with van der Waals surface area (Å²) in [5.74, 6) is -3.26. The number of carbonyl (C=O) groups is 4. The van der Waals surface area contributed by atoms with Gasteiger partial charge in [-0.3, -0.25) is 14.4 Å². The molecule has 0 unspecified atom stereocenters. The number of rotatable bonds is 12. The zero-order valence-electron chi connectivity index (χ0n) is 17.3. The summed E-state index contributed by atoms with van der Waals surface area (Å²) in [6.07, 6.45) is -0.400. The number of aliphatic hydroxyl groups excluding tert-OH is 2. The van der Waals surface area contributed by atoms with Crippen LogP contribution in [-0.2, 0) is 19.2 Å². The van der Waals surface area contributed by atoms with Crippen LogP contribution in [0.2, 0.25) is 0 Å². The fourth-order valence-corrected chi connectivity index (χ4v) is 2.99. The number of carbonyl (C=O) groups excluding carboxylic acids is 3. The lowest BCUT2D eigenvalue weighted by atomic mass is 10.1. The van der Waals surface area contributed by atoms with Crippen molar-refractivity contribution in [1.82, 2.24) is 21.3 Å². The molecule has 0 saturated carbocycles. The van der Waals surface area contributed by atoms with Gasteiger partial charge < -0.3 is 42.3 Å². The molecular formula is C18H33N5O7. The summed E-state index contributed by atoms with van der Waals surface area (Å²) >= 11 is 0. The summed E-state index contributed by atoms with van der Waals surface area (Å²) in [7, 11) is 0. The van der Waals surface area contributed by atoms with Gasteiger partial charge in [0.25, 0.3) is 0 Å². The van der Waals surface area contributed by atoms with Gasteiger partial charge in [0.05, 0.1) is 18.2 Å². The number of amides is 3. The molecule has 6 atom stereocenters. The third kappa shape index (κ3) is 8.22.